The van der Waals surface area contributed by atoms with Gasteiger partial charge in [-0.15, -0.1) is 11.3 Å². The Kier molecular flexibility index (Phi) is 4.16. The number of hydrogen-bond donors (Lipinski definition) is 1. The van der Waals surface area contributed by atoms with Gasteiger partial charge >= 0.3 is 5.97 Å². The van der Waals surface area contributed by atoms with E-state index in [0.717, 1.165) is 22.0 Å². The summed E-state index contributed by atoms with van der Waals surface area (Å²) in [5.41, 5.74) is 8.24. The predicted molar refractivity (Wildman–Crippen MR) is 76.5 cm³/mol. The molecular weight excluding hydrogens is 260 g/mol. The Labute approximate surface area is 116 Å². The number of thiazole rings is 1. The quantitative estimate of drug-likeness (QED) is 0.689. The topological polar surface area (TPSA) is 65.2 Å². The lowest BCUT2D eigenvalue weighted by Gasteiger charge is -1.98. The van der Waals surface area contributed by atoms with E-state index in [1.807, 2.05) is 31.2 Å². The van der Waals surface area contributed by atoms with E-state index in [2.05, 4.69) is 4.98 Å². The van der Waals surface area contributed by atoms with Crippen LogP contribution in [0.1, 0.15) is 32.9 Å². The Hall–Kier alpha value is -1.88. The number of carbonyl (C=O) groups is 1. The van der Waals surface area contributed by atoms with Gasteiger partial charge in [0.05, 0.1) is 17.3 Å². The van der Waals surface area contributed by atoms with E-state index in [9.17, 15) is 4.79 Å². The molecule has 0 saturated carbocycles. The van der Waals surface area contributed by atoms with Gasteiger partial charge in [-0.05, 0) is 31.5 Å². The van der Waals surface area contributed by atoms with Crippen molar-refractivity contribution in [1.29, 1.82) is 0 Å². The lowest BCUT2D eigenvalue weighted by Crippen LogP contribution is -2.03. The summed E-state index contributed by atoms with van der Waals surface area (Å²) in [6.07, 6.45) is 0.700. The summed E-state index contributed by atoms with van der Waals surface area (Å²) in [7, 11) is 0. The highest BCUT2D eigenvalue weighted by Gasteiger charge is 2.16. The molecule has 2 rings (SSSR count). The van der Waals surface area contributed by atoms with Gasteiger partial charge in [-0.3, -0.25) is 0 Å². The summed E-state index contributed by atoms with van der Waals surface area (Å²) in [6, 6.07) is 7.66. The van der Waals surface area contributed by atoms with Gasteiger partial charge in [0.1, 0.15) is 4.88 Å². The molecule has 0 radical (unpaired) electrons. The van der Waals surface area contributed by atoms with Crippen LogP contribution in [0.3, 0.4) is 0 Å². The van der Waals surface area contributed by atoms with Crippen LogP contribution in [0.5, 0.6) is 0 Å². The number of hydrogen-bond acceptors (Lipinski definition) is 5. The molecule has 1 aromatic carbocycles. The first-order valence-electron chi connectivity index (χ1n) is 6.08. The van der Waals surface area contributed by atoms with Crippen molar-refractivity contribution in [3.05, 3.63) is 45.4 Å². The van der Waals surface area contributed by atoms with E-state index in [1.165, 1.54) is 11.3 Å². The molecule has 4 nitrogen and oxygen atoms in total. The predicted octanol–water partition coefficient (Wildman–Crippen LogP) is 2.80. The molecule has 2 N–H and O–H groups in total. The number of carbonyl (C=O) groups excluding carboxylic acids is 1. The lowest BCUT2D eigenvalue weighted by atomic mass is 10.1. The van der Waals surface area contributed by atoms with E-state index in [-0.39, 0.29) is 5.97 Å². The van der Waals surface area contributed by atoms with Crippen molar-refractivity contribution in [1.82, 2.24) is 4.98 Å². The van der Waals surface area contributed by atoms with E-state index >= 15 is 0 Å². The monoisotopic (exact) mass is 276 g/mol. The van der Waals surface area contributed by atoms with Crippen LogP contribution in [0.25, 0.3) is 0 Å². The van der Waals surface area contributed by atoms with E-state index < -0.39 is 0 Å². The van der Waals surface area contributed by atoms with Crippen LogP contribution < -0.4 is 5.73 Å². The first-order chi connectivity index (χ1) is 9.10. The fourth-order valence-corrected chi connectivity index (χ4v) is 2.72. The van der Waals surface area contributed by atoms with Gasteiger partial charge < -0.3 is 10.5 Å². The van der Waals surface area contributed by atoms with Crippen molar-refractivity contribution in [3.63, 3.8) is 0 Å². The summed E-state index contributed by atoms with van der Waals surface area (Å²) < 4.78 is 5.00. The van der Waals surface area contributed by atoms with Gasteiger partial charge in [0.15, 0.2) is 0 Å². The maximum absolute atomic E-state index is 11.7. The maximum atomic E-state index is 11.7. The van der Waals surface area contributed by atoms with Gasteiger partial charge in [-0.2, -0.15) is 0 Å². The van der Waals surface area contributed by atoms with Crippen molar-refractivity contribution >= 4 is 23.0 Å². The normalized spacial score (nSPS) is 10.4. The van der Waals surface area contributed by atoms with Gasteiger partial charge in [-0.25, -0.2) is 9.78 Å². The van der Waals surface area contributed by atoms with Gasteiger partial charge in [0.25, 0.3) is 0 Å². The van der Waals surface area contributed by atoms with Crippen LogP contribution in [0, 0.1) is 6.92 Å². The smallest absolute Gasteiger partial charge is 0.350 e. The minimum absolute atomic E-state index is 0.291. The van der Waals surface area contributed by atoms with E-state index in [0.29, 0.717) is 17.9 Å². The van der Waals surface area contributed by atoms with Crippen molar-refractivity contribution < 1.29 is 9.53 Å². The fourth-order valence-electron chi connectivity index (χ4n) is 1.72. The Morgan fingerprint density at radius 2 is 2.05 bits per heavy atom. The number of aryl methyl sites for hydroxylation is 1. The molecule has 100 valence electrons. The van der Waals surface area contributed by atoms with Crippen molar-refractivity contribution in [2.45, 2.75) is 20.3 Å². The van der Waals surface area contributed by atoms with Crippen molar-refractivity contribution in [3.8, 4) is 0 Å². The van der Waals surface area contributed by atoms with Crippen LogP contribution in [-0.2, 0) is 11.2 Å². The number of rotatable bonds is 4. The number of benzene rings is 1. The number of nitrogens with zero attached hydrogens (tertiary/aromatic N) is 1. The lowest BCUT2D eigenvalue weighted by molar-refractivity contribution is 0.0531. The molecular formula is C14H16N2O2S. The van der Waals surface area contributed by atoms with E-state index in [1.54, 1.807) is 6.92 Å². The minimum Gasteiger partial charge on any atom is -0.462 e. The second kappa shape index (κ2) is 5.84. The third kappa shape index (κ3) is 3.32. The molecule has 0 unspecified atom stereocenters. The zero-order valence-electron chi connectivity index (χ0n) is 11.0. The molecule has 1 aromatic heterocycles. The summed E-state index contributed by atoms with van der Waals surface area (Å²) in [5, 5.41) is 0.908. The largest absolute Gasteiger partial charge is 0.462 e. The molecule has 0 atom stereocenters. The number of nitrogens with two attached hydrogens (primary N) is 1. The number of aromatic nitrogens is 1. The SMILES string of the molecule is CCOC(=O)c1sc(Cc2ccc(N)cc2)nc1C. The molecule has 0 spiro atoms. The van der Waals surface area contributed by atoms with Crippen molar-refractivity contribution in [2.75, 3.05) is 12.3 Å². The average Bonchev–Trinajstić information content (AvgIpc) is 2.74. The van der Waals surface area contributed by atoms with Gasteiger partial charge in [-0.1, -0.05) is 12.1 Å². The number of ether oxygens (including phenoxy) is 1. The highest BCUT2D eigenvalue weighted by atomic mass is 32.1. The van der Waals surface area contributed by atoms with Crippen LogP contribution in [0.2, 0.25) is 0 Å². The number of anilines is 1. The third-order valence-corrected chi connectivity index (χ3v) is 3.77. The Morgan fingerprint density at radius 3 is 2.68 bits per heavy atom. The zero-order chi connectivity index (χ0) is 13.8. The molecule has 1 heterocycles. The molecule has 0 fully saturated rings. The number of nitrogen functional groups attached to an aromatic ring is 1. The van der Waals surface area contributed by atoms with E-state index in [4.69, 9.17) is 10.5 Å². The third-order valence-electron chi connectivity index (χ3n) is 2.64. The number of esters is 1. The molecule has 0 bridgehead atoms. The summed E-state index contributed by atoms with van der Waals surface area (Å²) in [5.74, 6) is -0.291. The Morgan fingerprint density at radius 1 is 1.37 bits per heavy atom. The Bertz CT molecular complexity index is 576. The minimum atomic E-state index is -0.291. The molecule has 2 aromatic rings. The van der Waals surface area contributed by atoms with Crippen LogP contribution in [0.4, 0.5) is 5.69 Å². The Balaban J connectivity index is 2.16. The van der Waals surface area contributed by atoms with Gasteiger partial charge in [0.2, 0.25) is 0 Å². The summed E-state index contributed by atoms with van der Waals surface area (Å²) >= 11 is 1.39. The molecule has 0 aliphatic rings. The average molecular weight is 276 g/mol. The second-order valence-electron chi connectivity index (χ2n) is 4.16. The van der Waals surface area contributed by atoms with Crippen LogP contribution in [0.15, 0.2) is 24.3 Å². The second-order valence-corrected chi connectivity index (χ2v) is 5.24. The molecule has 5 heteroatoms. The van der Waals surface area contributed by atoms with Crippen LogP contribution >= 0.6 is 11.3 Å². The molecule has 0 aliphatic heterocycles. The highest BCUT2D eigenvalue weighted by molar-refractivity contribution is 7.13. The first kappa shape index (κ1) is 13.5. The summed E-state index contributed by atoms with van der Waals surface area (Å²) in [4.78, 5) is 16.7. The molecule has 0 amide bonds. The van der Waals surface area contributed by atoms with Crippen molar-refractivity contribution in [2.24, 2.45) is 0 Å². The van der Waals surface area contributed by atoms with Gasteiger partial charge in [0, 0.05) is 12.1 Å². The molecule has 0 aliphatic carbocycles. The first-order valence-corrected chi connectivity index (χ1v) is 6.89. The molecule has 19 heavy (non-hydrogen) atoms. The zero-order valence-corrected chi connectivity index (χ0v) is 11.8. The van der Waals surface area contributed by atoms with Crippen LogP contribution in [-0.4, -0.2) is 17.6 Å². The standard InChI is InChI=1S/C14H16N2O2S/c1-3-18-14(17)13-9(2)16-12(19-13)8-10-4-6-11(15)7-5-10/h4-7H,3,8,15H2,1-2H3. The maximum Gasteiger partial charge on any atom is 0.350 e. The molecule has 0 saturated heterocycles. The summed E-state index contributed by atoms with van der Waals surface area (Å²) in [6.45, 7) is 4.00. The highest BCUT2D eigenvalue weighted by Crippen LogP contribution is 2.22. The fraction of sp³-hybridized carbons (Fsp3) is 0.286.